The Balaban J connectivity index is 1.97. The fourth-order valence-electron chi connectivity index (χ4n) is 2.26. The SMILES string of the molecule is NCC#Cc1ccnc(NC(=O)C2CCC(F)(F)CC2)c1. The summed E-state index contributed by atoms with van der Waals surface area (Å²) in [5, 5.41) is 2.66. The number of halogens is 2. The summed E-state index contributed by atoms with van der Waals surface area (Å²) in [6.07, 6.45) is 1.46. The highest BCUT2D eigenvalue weighted by Gasteiger charge is 2.37. The second-order valence-electron chi connectivity index (χ2n) is 5.06. The first kappa shape index (κ1) is 15.4. The first-order chi connectivity index (χ1) is 10.00. The Bertz CT molecular complexity index is 568. The van der Waals surface area contributed by atoms with Gasteiger partial charge >= 0.3 is 0 Å². The molecule has 0 atom stereocenters. The molecule has 112 valence electrons. The molecule has 1 amide bonds. The lowest BCUT2D eigenvalue weighted by Gasteiger charge is -2.27. The number of amides is 1. The van der Waals surface area contributed by atoms with Gasteiger partial charge in [-0.3, -0.25) is 4.79 Å². The van der Waals surface area contributed by atoms with Crippen LogP contribution in [0.5, 0.6) is 0 Å². The van der Waals surface area contributed by atoms with Crippen molar-refractivity contribution in [1.29, 1.82) is 0 Å². The van der Waals surface area contributed by atoms with E-state index in [1.54, 1.807) is 12.1 Å². The van der Waals surface area contributed by atoms with Crippen molar-refractivity contribution in [3.63, 3.8) is 0 Å². The second kappa shape index (κ2) is 6.64. The van der Waals surface area contributed by atoms with Crippen LogP contribution in [0.3, 0.4) is 0 Å². The number of anilines is 1. The average molecular weight is 293 g/mol. The van der Waals surface area contributed by atoms with Gasteiger partial charge in [-0.2, -0.15) is 0 Å². The molecule has 0 radical (unpaired) electrons. The molecule has 0 aromatic carbocycles. The van der Waals surface area contributed by atoms with Gasteiger partial charge in [-0.15, -0.1) is 0 Å². The molecule has 0 spiro atoms. The lowest BCUT2D eigenvalue weighted by Crippen LogP contribution is -2.32. The van der Waals surface area contributed by atoms with Gasteiger partial charge in [0.15, 0.2) is 0 Å². The van der Waals surface area contributed by atoms with Crippen molar-refractivity contribution in [2.24, 2.45) is 11.7 Å². The fraction of sp³-hybridized carbons (Fsp3) is 0.467. The van der Waals surface area contributed by atoms with Gasteiger partial charge in [0.1, 0.15) is 5.82 Å². The van der Waals surface area contributed by atoms with Crippen LogP contribution in [0, 0.1) is 17.8 Å². The van der Waals surface area contributed by atoms with Gasteiger partial charge in [-0.05, 0) is 25.0 Å². The molecule has 1 aliphatic carbocycles. The molecule has 21 heavy (non-hydrogen) atoms. The maximum absolute atomic E-state index is 13.1. The van der Waals surface area contributed by atoms with E-state index in [0.717, 1.165) is 0 Å². The number of rotatable bonds is 2. The molecule has 0 unspecified atom stereocenters. The molecule has 1 aliphatic rings. The molecule has 4 nitrogen and oxygen atoms in total. The minimum absolute atomic E-state index is 0.200. The molecule has 1 fully saturated rings. The lowest BCUT2D eigenvalue weighted by atomic mass is 9.86. The van der Waals surface area contributed by atoms with Crippen molar-refractivity contribution in [1.82, 2.24) is 4.98 Å². The molecule has 1 heterocycles. The van der Waals surface area contributed by atoms with E-state index in [4.69, 9.17) is 5.73 Å². The highest BCUT2D eigenvalue weighted by Crippen LogP contribution is 2.36. The third kappa shape index (κ3) is 4.50. The standard InChI is InChI=1S/C15H17F2N3O/c16-15(17)6-3-12(4-7-15)14(21)20-13-10-11(2-1-8-18)5-9-19-13/h5,9-10,12H,3-4,6-8,18H2,(H,19,20,21). The predicted molar refractivity (Wildman–Crippen MR) is 75.7 cm³/mol. The van der Waals surface area contributed by atoms with Crippen molar-refractivity contribution in [3.8, 4) is 11.8 Å². The number of hydrogen-bond acceptors (Lipinski definition) is 3. The van der Waals surface area contributed by atoms with Crippen LogP contribution in [0.2, 0.25) is 0 Å². The third-order valence-electron chi connectivity index (χ3n) is 3.43. The minimum atomic E-state index is -2.63. The predicted octanol–water partition coefficient (Wildman–Crippen LogP) is 2.16. The van der Waals surface area contributed by atoms with Gasteiger partial charge < -0.3 is 11.1 Å². The Morgan fingerprint density at radius 1 is 1.48 bits per heavy atom. The van der Waals surface area contributed by atoms with Gasteiger partial charge in [0.25, 0.3) is 0 Å². The van der Waals surface area contributed by atoms with Gasteiger partial charge in [0.05, 0.1) is 6.54 Å². The fourth-order valence-corrected chi connectivity index (χ4v) is 2.26. The maximum Gasteiger partial charge on any atom is 0.248 e. The summed E-state index contributed by atoms with van der Waals surface area (Å²) in [5.41, 5.74) is 5.99. The molecule has 6 heteroatoms. The second-order valence-corrected chi connectivity index (χ2v) is 5.06. The Hall–Kier alpha value is -2.00. The molecular weight excluding hydrogens is 276 g/mol. The number of pyridine rings is 1. The number of carbonyl (C=O) groups excluding carboxylic acids is 1. The largest absolute Gasteiger partial charge is 0.320 e. The number of carbonyl (C=O) groups is 1. The van der Waals surface area contributed by atoms with Crippen LogP contribution >= 0.6 is 0 Å². The van der Waals surface area contributed by atoms with Crippen molar-refractivity contribution in [2.45, 2.75) is 31.6 Å². The minimum Gasteiger partial charge on any atom is -0.320 e. The molecule has 1 aromatic heterocycles. The summed E-state index contributed by atoms with van der Waals surface area (Å²) >= 11 is 0. The van der Waals surface area contributed by atoms with Crippen molar-refractivity contribution < 1.29 is 13.6 Å². The molecular formula is C15H17F2N3O. The van der Waals surface area contributed by atoms with E-state index < -0.39 is 5.92 Å². The van der Waals surface area contributed by atoms with E-state index in [1.165, 1.54) is 6.20 Å². The summed E-state index contributed by atoms with van der Waals surface area (Å²) in [5.74, 6) is 2.65. The summed E-state index contributed by atoms with van der Waals surface area (Å²) in [7, 11) is 0. The lowest BCUT2D eigenvalue weighted by molar-refractivity contribution is -0.124. The van der Waals surface area contributed by atoms with Crippen molar-refractivity contribution in [3.05, 3.63) is 23.9 Å². The molecule has 1 saturated carbocycles. The number of nitrogens with one attached hydrogen (secondary N) is 1. The monoisotopic (exact) mass is 293 g/mol. The number of nitrogens with zero attached hydrogens (tertiary/aromatic N) is 1. The van der Waals surface area contributed by atoms with Crippen LogP contribution in [0.15, 0.2) is 18.3 Å². The summed E-state index contributed by atoms with van der Waals surface area (Å²) in [4.78, 5) is 16.1. The van der Waals surface area contributed by atoms with E-state index in [-0.39, 0.29) is 44.1 Å². The van der Waals surface area contributed by atoms with Crippen LogP contribution < -0.4 is 11.1 Å². The molecule has 3 N–H and O–H groups in total. The van der Waals surface area contributed by atoms with E-state index in [0.29, 0.717) is 11.4 Å². The van der Waals surface area contributed by atoms with E-state index in [1.807, 2.05) is 0 Å². The zero-order valence-corrected chi connectivity index (χ0v) is 11.5. The van der Waals surface area contributed by atoms with Gasteiger partial charge in [-0.25, -0.2) is 13.8 Å². The van der Waals surface area contributed by atoms with Crippen LogP contribution in [0.4, 0.5) is 14.6 Å². The topological polar surface area (TPSA) is 68.0 Å². The summed E-state index contributed by atoms with van der Waals surface area (Å²) in [6, 6.07) is 3.34. The maximum atomic E-state index is 13.1. The Morgan fingerprint density at radius 3 is 2.86 bits per heavy atom. The van der Waals surface area contributed by atoms with E-state index in [9.17, 15) is 13.6 Å². The first-order valence-corrected chi connectivity index (χ1v) is 6.84. The molecule has 0 saturated heterocycles. The Labute approximate surface area is 122 Å². The summed E-state index contributed by atoms with van der Waals surface area (Å²) < 4.78 is 26.1. The zero-order chi connectivity index (χ0) is 15.3. The van der Waals surface area contributed by atoms with Crippen molar-refractivity contribution >= 4 is 11.7 Å². The first-order valence-electron chi connectivity index (χ1n) is 6.84. The molecule has 0 aliphatic heterocycles. The van der Waals surface area contributed by atoms with Gasteiger partial charge in [0.2, 0.25) is 11.8 Å². The smallest absolute Gasteiger partial charge is 0.248 e. The van der Waals surface area contributed by atoms with Crippen LogP contribution in [0.25, 0.3) is 0 Å². The summed E-state index contributed by atoms with van der Waals surface area (Å²) in [6.45, 7) is 0.250. The number of hydrogen-bond donors (Lipinski definition) is 2. The highest BCUT2D eigenvalue weighted by molar-refractivity contribution is 5.91. The third-order valence-corrected chi connectivity index (χ3v) is 3.43. The Kier molecular flexibility index (Phi) is 4.86. The van der Waals surface area contributed by atoms with Crippen LogP contribution in [0.1, 0.15) is 31.2 Å². The number of aromatic nitrogens is 1. The Morgan fingerprint density at radius 2 is 2.19 bits per heavy atom. The van der Waals surface area contributed by atoms with E-state index in [2.05, 4.69) is 22.1 Å². The van der Waals surface area contributed by atoms with Crippen LogP contribution in [-0.2, 0) is 4.79 Å². The zero-order valence-electron chi connectivity index (χ0n) is 11.5. The molecule has 2 rings (SSSR count). The van der Waals surface area contributed by atoms with Crippen LogP contribution in [-0.4, -0.2) is 23.4 Å². The quantitative estimate of drug-likeness (QED) is 0.821. The van der Waals surface area contributed by atoms with Gasteiger partial charge in [0, 0.05) is 30.5 Å². The molecule has 1 aromatic rings. The number of nitrogens with two attached hydrogens (primary N) is 1. The average Bonchev–Trinajstić information content (AvgIpc) is 2.45. The normalized spacial score (nSPS) is 17.7. The highest BCUT2D eigenvalue weighted by atomic mass is 19.3. The van der Waals surface area contributed by atoms with E-state index >= 15 is 0 Å². The number of alkyl halides is 2. The van der Waals surface area contributed by atoms with Gasteiger partial charge in [-0.1, -0.05) is 11.8 Å². The molecule has 0 bridgehead atoms. The van der Waals surface area contributed by atoms with Crippen molar-refractivity contribution in [2.75, 3.05) is 11.9 Å².